The van der Waals surface area contributed by atoms with Crippen molar-refractivity contribution in [2.75, 3.05) is 24.5 Å². The van der Waals surface area contributed by atoms with Gasteiger partial charge in [0.05, 0.1) is 12.5 Å². The molecule has 5 rings (SSSR count). The van der Waals surface area contributed by atoms with Crippen molar-refractivity contribution >= 4 is 17.5 Å². The third-order valence-corrected chi connectivity index (χ3v) is 6.09. The Morgan fingerprint density at radius 2 is 2.00 bits per heavy atom. The number of carbonyl (C=O) groups excluding carboxylic acids is 2. The summed E-state index contributed by atoms with van der Waals surface area (Å²) in [6, 6.07) is 15.5. The first-order valence-corrected chi connectivity index (χ1v) is 11.0. The van der Waals surface area contributed by atoms with Gasteiger partial charge in [0, 0.05) is 43.3 Å². The van der Waals surface area contributed by atoms with Gasteiger partial charge in [-0.25, -0.2) is 4.39 Å². The smallest absolute Gasteiger partial charge is 0.257 e. The van der Waals surface area contributed by atoms with Crippen LogP contribution in [-0.4, -0.2) is 52.5 Å². The quantitative estimate of drug-likeness (QED) is 0.622. The van der Waals surface area contributed by atoms with E-state index in [1.54, 1.807) is 12.1 Å². The predicted molar refractivity (Wildman–Crippen MR) is 118 cm³/mol. The zero-order valence-corrected chi connectivity index (χ0v) is 18.0. The molecule has 0 unspecified atom stereocenters. The molecule has 0 saturated carbocycles. The van der Waals surface area contributed by atoms with E-state index >= 15 is 0 Å². The van der Waals surface area contributed by atoms with Crippen LogP contribution in [0.15, 0.2) is 59.1 Å². The lowest BCUT2D eigenvalue weighted by atomic mass is 10.1. The number of carbonyl (C=O) groups is 2. The first kappa shape index (κ1) is 21.3. The van der Waals surface area contributed by atoms with Crippen LogP contribution in [0, 0.1) is 11.7 Å². The van der Waals surface area contributed by atoms with Gasteiger partial charge >= 0.3 is 0 Å². The van der Waals surface area contributed by atoms with E-state index in [2.05, 4.69) is 20.4 Å². The molecule has 2 fully saturated rings. The van der Waals surface area contributed by atoms with Gasteiger partial charge in [-0.2, -0.15) is 4.98 Å². The summed E-state index contributed by atoms with van der Waals surface area (Å²) in [5, 5.41) is 7.15. The lowest BCUT2D eigenvalue weighted by Gasteiger charge is -2.18. The van der Waals surface area contributed by atoms with Gasteiger partial charge in [-0.1, -0.05) is 29.4 Å². The maximum Gasteiger partial charge on any atom is 0.257 e. The summed E-state index contributed by atoms with van der Waals surface area (Å²) in [5.74, 6) is -0.0614. The number of hydrogen-bond donors (Lipinski definition) is 1. The lowest BCUT2D eigenvalue weighted by molar-refractivity contribution is -0.126. The Hall–Kier alpha value is -3.59. The number of hydrogen-bond acceptors (Lipinski definition) is 6. The van der Waals surface area contributed by atoms with E-state index in [1.165, 1.54) is 17.0 Å². The molecule has 0 radical (unpaired) electrons. The Balaban J connectivity index is 1.13. The summed E-state index contributed by atoms with van der Waals surface area (Å²) in [5.41, 5.74) is 1.36. The van der Waals surface area contributed by atoms with Crippen LogP contribution in [0.5, 0.6) is 0 Å². The zero-order chi connectivity index (χ0) is 22.8. The van der Waals surface area contributed by atoms with Crippen LogP contribution in [0.1, 0.15) is 18.7 Å². The van der Waals surface area contributed by atoms with Crippen molar-refractivity contribution in [1.29, 1.82) is 0 Å². The fourth-order valence-electron chi connectivity index (χ4n) is 4.41. The van der Waals surface area contributed by atoms with Crippen LogP contribution in [0.2, 0.25) is 0 Å². The number of benzene rings is 2. The molecule has 2 atom stereocenters. The van der Waals surface area contributed by atoms with Crippen LogP contribution in [0.4, 0.5) is 10.1 Å². The monoisotopic (exact) mass is 449 g/mol. The molecule has 1 aromatic heterocycles. The second-order valence-corrected chi connectivity index (χ2v) is 8.50. The van der Waals surface area contributed by atoms with Gasteiger partial charge in [-0.15, -0.1) is 0 Å². The minimum Gasteiger partial charge on any atom is -0.352 e. The van der Waals surface area contributed by atoms with Gasteiger partial charge in [0.1, 0.15) is 5.82 Å². The minimum absolute atomic E-state index is 0.00341. The maximum atomic E-state index is 13.5. The molecule has 2 aliphatic heterocycles. The topological polar surface area (TPSA) is 91.6 Å². The number of amides is 2. The number of nitrogens with one attached hydrogen (secondary N) is 1. The molecule has 170 valence electrons. The van der Waals surface area contributed by atoms with Crippen molar-refractivity contribution in [2.45, 2.75) is 25.4 Å². The molecule has 0 bridgehead atoms. The highest BCUT2D eigenvalue weighted by molar-refractivity contribution is 6.00. The molecular weight excluding hydrogens is 425 g/mol. The average molecular weight is 449 g/mol. The second kappa shape index (κ2) is 9.11. The van der Waals surface area contributed by atoms with E-state index in [-0.39, 0.29) is 30.8 Å². The molecule has 9 heteroatoms. The van der Waals surface area contributed by atoms with Crippen molar-refractivity contribution in [3.05, 3.63) is 66.2 Å². The van der Waals surface area contributed by atoms with E-state index in [1.807, 2.05) is 30.3 Å². The zero-order valence-electron chi connectivity index (χ0n) is 18.0. The normalized spacial score (nSPS) is 21.0. The SMILES string of the molecule is O=C(N[C@H]1CCN(Cc2noc(-c3ccccc3)n2)C1)[C@@H]1CC(=O)N(c2cccc(F)c2)C1. The summed E-state index contributed by atoms with van der Waals surface area (Å²) >= 11 is 0. The standard InChI is InChI=1S/C24H24FN5O3/c25-18-7-4-8-20(12-18)30-13-17(11-22(30)31)23(32)26-19-9-10-29(14-19)15-21-27-24(33-28-21)16-5-2-1-3-6-16/h1-8,12,17,19H,9-11,13-15H2,(H,26,32)/t17-,19+/m1/s1. The minimum atomic E-state index is -0.444. The van der Waals surface area contributed by atoms with Gasteiger partial charge < -0.3 is 14.7 Å². The highest BCUT2D eigenvalue weighted by Crippen LogP contribution is 2.26. The molecule has 2 saturated heterocycles. The molecule has 2 amide bonds. The number of likely N-dealkylation sites (tertiary alicyclic amines) is 1. The van der Waals surface area contributed by atoms with Gasteiger partial charge in [0.2, 0.25) is 11.8 Å². The molecule has 3 heterocycles. The summed E-state index contributed by atoms with van der Waals surface area (Å²) in [6.07, 6.45) is 0.938. The lowest BCUT2D eigenvalue weighted by Crippen LogP contribution is -2.41. The van der Waals surface area contributed by atoms with E-state index in [4.69, 9.17) is 4.52 Å². The van der Waals surface area contributed by atoms with E-state index in [0.717, 1.165) is 18.5 Å². The summed E-state index contributed by atoms with van der Waals surface area (Å²) < 4.78 is 18.9. The Morgan fingerprint density at radius 1 is 1.15 bits per heavy atom. The predicted octanol–water partition coefficient (Wildman–Crippen LogP) is 2.62. The van der Waals surface area contributed by atoms with Crippen LogP contribution in [-0.2, 0) is 16.1 Å². The Morgan fingerprint density at radius 3 is 2.82 bits per heavy atom. The summed E-state index contributed by atoms with van der Waals surface area (Å²) in [6.45, 7) is 2.28. The molecule has 2 aliphatic rings. The van der Waals surface area contributed by atoms with E-state index < -0.39 is 11.7 Å². The Kier molecular flexibility index (Phi) is 5.87. The van der Waals surface area contributed by atoms with E-state index in [9.17, 15) is 14.0 Å². The highest BCUT2D eigenvalue weighted by atomic mass is 19.1. The van der Waals surface area contributed by atoms with Crippen molar-refractivity contribution in [3.63, 3.8) is 0 Å². The number of rotatable bonds is 6. The fraction of sp³-hybridized carbons (Fsp3) is 0.333. The van der Waals surface area contributed by atoms with Crippen molar-refractivity contribution < 1.29 is 18.5 Å². The largest absolute Gasteiger partial charge is 0.352 e. The van der Waals surface area contributed by atoms with Crippen LogP contribution < -0.4 is 10.2 Å². The van der Waals surface area contributed by atoms with Crippen molar-refractivity contribution in [2.24, 2.45) is 5.92 Å². The third kappa shape index (κ3) is 4.78. The highest BCUT2D eigenvalue weighted by Gasteiger charge is 2.36. The molecule has 0 aliphatic carbocycles. The molecular formula is C24H24FN5O3. The van der Waals surface area contributed by atoms with E-state index in [0.29, 0.717) is 30.5 Å². The number of nitrogens with zero attached hydrogens (tertiary/aromatic N) is 4. The van der Waals surface area contributed by atoms with Crippen LogP contribution in [0.25, 0.3) is 11.5 Å². The van der Waals surface area contributed by atoms with Gasteiger partial charge in [-0.05, 0) is 36.8 Å². The number of anilines is 1. The first-order chi connectivity index (χ1) is 16.0. The molecule has 1 N–H and O–H groups in total. The summed E-state index contributed by atoms with van der Waals surface area (Å²) in [4.78, 5) is 33.3. The molecule has 8 nitrogen and oxygen atoms in total. The van der Waals surface area contributed by atoms with Crippen molar-refractivity contribution in [3.8, 4) is 11.5 Å². The van der Waals surface area contributed by atoms with Gasteiger partial charge in [0.15, 0.2) is 5.82 Å². The van der Waals surface area contributed by atoms with Gasteiger partial charge in [-0.3, -0.25) is 14.5 Å². The van der Waals surface area contributed by atoms with Crippen LogP contribution in [0.3, 0.4) is 0 Å². The van der Waals surface area contributed by atoms with Crippen molar-refractivity contribution in [1.82, 2.24) is 20.4 Å². The number of aromatic nitrogens is 2. The summed E-state index contributed by atoms with van der Waals surface area (Å²) in [7, 11) is 0. The van der Waals surface area contributed by atoms with Crippen LogP contribution >= 0.6 is 0 Å². The Bertz CT molecular complexity index is 1150. The third-order valence-electron chi connectivity index (χ3n) is 6.09. The maximum absolute atomic E-state index is 13.5. The average Bonchev–Trinajstić information content (AvgIpc) is 3.55. The molecule has 3 aromatic rings. The van der Waals surface area contributed by atoms with Gasteiger partial charge in [0.25, 0.3) is 5.89 Å². The molecule has 2 aromatic carbocycles. The fourth-order valence-corrected chi connectivity index (χ4v) is 4.41. The second-order valence-electron chi connectivity index (χ2n) is 8.50. The molecule has 33 heavy (non-hydrogen) atoms. The Labute approximate surface area is 190 Å². The molecule has 0 spiro atoms. The number of halogens is 1. The first-order valence-electron chi connectivity index (χ1n) is 11.0.